The molecule has 5 heteroatoms. The molecule has 2 aliphatic rings. The summed E-state index contributed by atoms with van der Waals surface area (Å²) in [6.07, 6.45) is 4.16. The van der Waals surface area contributed by atoms with Gasteiger partial charge in [0.15, 0.2) is 5.71 Å². The number of aryl methyl sites for hydroxylation is 1. The second-order valence-corrected chi connectivity index (χ2v) is 13.5. The number of halogens is 3. The molecule has 0 bridgehead atoms. The van der Waals surface area contributed by atoms with Gasteiger partial charge in [0.25, 0.3) is 0 Å². The largest absolute Gasteiger partial charge is 0.416 e. The Morgan fingerprint density at radius 1 is 0.875 bits per heavy atom. The van der Waals surface area contributed by atoms with Crippen LogP contribution in [0.4, 0.5) is 24.5 Å². The third kappa shape index (κ3) is 5.66. The Hall–Kier alpha value is -2.82. The quantitative estimate of drug-likeness (QED) is 0.296. The standard InChI is InChI=1S/C35H46F3N2/c1-23(2)17-19-39-29-15-13-25(5)21-27(29)33(6,7)31(39)11-10-12-32-34(8,9)28-22-26(35(36,37)38)14-16-30(28)40(32)20-18-24(3)4/h10-16,21-24H,17-20H2,1-9H3/q+1. The van der Waals surface area contributed by atoms with E-state index in [1.807, 2.05) is 13.8 Å². The summed E-state index contributed by atoms with van der Waals surface area (Å²) in [7, 11) is 0. The first-order chi connectivity index (χ1) is 18.5. The van der Waals surface area contributed by atoms with Gasteiger partial charge >= 0.3 is 6.18 Å². The van der Waals surface area contributed by atoms with Gasteiger partial charge in [-0.05, 0) is 74.9 Å². The van der Waals surface area contributed by atoms with Crippen LogP contribution >= 0.6 is 0 Å². The summed E-state index contributed by atoms with van der Waals surface area (Å²) in [4.78, 5) is 2.24. The molecule has 0 N–H and O–H groups in total. The summed E-state index contributed by atoms with van der Waals surface area (Å²) in [5, 5.41) is 0. The molecule has 0 unspecified atom stereocenters. The molecule has 2 nitrogen and oxygen atoms in total. The van der Waals surface area contributed by atoms with Crippen LogP contribution in [0, 0.1) is 18.8 Å². The zero-order chi connectivity index (χ0) is 29.6. The highest BCUT2D eigenvalue weighted by molar-refractivity contribution is 6.03. The number of fused-ring (bicyclic) bond motifs is 2. The molecular formula is C35H46F3N2+. The van der Waals surface area contributed by atoms with Crippen LogP contribution in [-0.4, -0.2) is 23.4 Å². The fourth-order valence-electron chi connectivity index (χ4n) is 6.13. The first-order valence-corrected chi connectivity index (χ1v) is 14.7. The summed E-state index contributed by atoms with van der Waals surface area (Å²) in [5.74, 6) is 1.09. The topological polar surface area (TPSA) is 6.25 Å². The van der Waals surface area contributed by atoms with E-state index in [9.17, 15) is 13.2 Å². The van der Waals surface area contributed by atoms with E-state index in [2.05, 4.69) is 94.4 Å². The van der Waals surface area contributed by atoms with Crippen molar-refractivity contribution in [2.45, 2.75) is 92.2 Å². The lowest BCUT2D eigenvalue weighted by Crippen LogP contribution is -2.29. The van der Waals surface area contributed by atoms with E-state index >= 15 is 0 Å². The number of benzene rings is 2. The van der Waals surface area contributed by atoms with Gasteiger partial charge in [-0.1, -0.05) is 59.2 Å². The van der Waals surface area contributed by atoms with E-state index < -0.39 is 17.2 Å². The van der Waals surface area contributed by atoms with Crippen molar-refractivity contribution >= 4 is 17.1 Å². The molecule has 0 saturated carbocycles. The van der Waals surface area contributed by atoms with Crippen molar-refractivity contribution in [3.63, 3.8) is 0 Å². The zero-order valence-electron chi connectivity index (χ0n) is 25.7. The van der Waals surface area contributed by atoms with E-state index in [4.69, 9.17) is 0 Å². The number of hydrogen-bond acceptors (Lipinski definition) is 1. The maximum atomic E-state index is 13.6. The molecule has 2 aliphatic heterocycles. The van der Waals surface area contributed by atoms with Gasteiger partial charge in [0.05, 0.1) is 11.0 Å². The van der Waals surface area contributed by atoms with Crippen LogP contribution in [0.3, 0.4) is 0 Å². The summed E-state index contributed by atoms with van der Waals surface area (Å²) < 4.78 is 43.4. The molecule has 40 heavy (non-hydrogen) atoms. The molecule has 0 spiro atoms. The van der Waals surface area contributed by atoms with Gasteiger partial charge in [0, 0.05) is 47.5 Å². The molecule has 216 valence electrons. The predicted octanol–water partition coefficient (Wildman–Crippen LogP) is 9.72. The van der Waals surface area contributed by atoms with Crippen LogP contribution in [0.1, 0.15) is 90.5 Å². The van der Waals surface area contributed by atoms with Gasteiger partial charge < -0.3 is 4.90 Å². The summed E-state index contributed by atoms with van der Waals surface area (Å²) >= 11 is 0. The molecule has 2 aromatic rings. The highest BCUT2D eigenvalue weighted by Gasteiger charge is 2.45. The third-order valence-corrected chi connectivity index (χ3v) is 8.63. The maximum absolute atomic E-state index is 13.6. The van der Waals surface area contributed by atoms with Crippen molar-refractivity contribution in [2.24, 2.45) is 11.8 Å². The lowest BCUT2D eigenvalue weighted by atomic mass is 9.80. The summed E-state index contributed by atoms with van der Waals surface area (Å²) in [5.41, 5.74) is 6.50. The molecule has 0 radical (unpaired) electrons. The lowest BCUT2D eigenvalue weighted by molar-refractivity contribution is -0.439. The number of hydrogen-bond donors (Lipinski definition) is 0. The van der Waals surface area contributed by atoms with Gasteiger partial charge in [-0.25, -0.2) is 0 Å². The monoisotopic (exact) mass is 551 g/mol. The Labute approximate surface area is 239 Å². The number of nitrogens with zero attached hydrogens (tertiary/aromatic N) is 2. The van der Waals surface area contributed by atoms with E-state index in [-0.39, 0.29) is 5.41 Å². The van der Waals surface area contributed by atoms with Gasteiger partial charge in [-0.15, -0.1) is 0 Å². The van der Waals surface area contributed by atoms with Crippen LogP contribution in [0.15, 0.2) is 60.3 Å². The zero-order valence-corrected chi connectivity index (χ0v) is 25.7. The highest BCUT2D eigenvalue weighted by Crippen LogP contribution is 2.49. The molecule has 0 saturated heterocycles. The number of rotatable bonds is 8. The van der Waals surface area contributed by atoms with Crippen LogP contribution in [0.5, 0.6) is 0 Å². The number of anilines is 1. The van der Waals surface area contributed by atoms with E-state index in [0.29, 0.717) is 11.8 Å². The van der Waals surface area contributed by atoms with E-state index in [0.717, 1.165) is 42.9 Å². The first kappa shape index (κ1) is 30.1. The average molecular weight is 552 g/mol. The molecule has 2 aromatic carbocycles. The normalized spacial score (nSPS) is 19.1. The van der Waals surface area contributed by atoms with Crippen LogP contribution in [0.25, 0.3) is 0 Å². The second-order valence-electron chi connectivity index (χ2n) is 13.5. The SMILES string of the molecule is Cc1ccc2c(c1)C(C)(C)C(/C=C/C=C1/N(CCC(C)C)c3ccc(C(F)(F)F)cc3C1(C)C)=[N+]2CCC(C)C. The van der Waals surface area contributed by atoms with Crippen molar-refractivity contribution in [2.75, 3.05) is 18.0 Å². The minimum absolute atomic E-state index is 0.152. The molecule has 0 aliphatic carbocycles. The van der Waals surface area contributed by atoms with Gasteiger partial charge in [0.1, 0.15) is 6.54 Å². The first-order valence-electron chi connectivity index (χ1n) is 14.7. The maximum Gasteiger partial charge on any atom is 0.416 e. The van der Waals surface area contributed by atoms with Gasteiger partial charge in [0.2, 0.25) is 5.69 Å². The van der Waals surface area contributed by atoms with Crippen molar-refractivity contribution in [1.82, 2.24) is 0 Å². The minimum Gasteiger partial charge on any atom is -0.344 e. The average Bonchev–Trinajstić information content (AvgIpc) is 3.19. The van der Waals surface area contributed by atoms with Crippen LogP contribution in [-0.2, 0) is 17.0 Å². The lowest BCUT2D eigenvalue weighted by Gasteiger charge is -2.27. The molecular weight excluding hydrogens is 505 g/mol. The highest BCUT2D eigenvalue weighted by atomic mass is 19.4. The number of allylic oxidation sites excluding steroid dienone is 4. The second kappa shape index (κ2) is 10.9. The van der Waals surface area contributed by atoms with Crippen LogP contribution in [0.2, 0.25) is 0 Å². The molecule has 0 aromatic heterocycles. The predicted molar refractivity (Wildman–Crippen MR) is 162 cm³/mol. The Kier molecular flexibility index (Phi) is 8.19. The molecule has 0 fully saturated rings. The van der Waals surface area contributed by atoms with Crippen molar-refractivity contribution in [1.29, 1.82) is 0 Å². The number of alkyl halides is 3. The van der Waals surface area contributed by atoms with E-state index in [1.54, 1.807) is 6.07 Å². The smallest absolute Gasteiger partial charge is 0.344 e. The summed E-state index contributed by atoms with van der Waals surface area (Å²) in [6, 6.07) is 11.0. The Morgan fingerprint density at radius 2 is 1.55 bits per heavy atom. The fourth-order valence-corrected chi connectivity index (χ4v) is 6.13. The van der Waals surface area contributed by atoms with Gasteiger partial charge in [-0.3, -0.25) is 0 Å². The fraction of sp³-hybridized carbons (Fsp3) is 0.514. The Morgan fingerprint density at radius 3 is 2.17 bits per heavy atom. The minimum atomic E-state index is -4.36. The molecule has 2 heterocycles. The van der Waals surface area contributed by atoms with Crippen LogP contribution < -0.4 is 4.90 Å². The molecule has 4 rings (SSSR count). The van der Waals surface area contributed by atoms with Crippen molar-refractivity contribution < 1.29 is 17.7 Å². The Bertz CT molecular complexity index is 1350. The summed E-state index contributed by atoms with van der Waals surface area (Å²) in [6.45, 7) is 21.4. The molecule has 0 amide bonds. The van der Waals surface area contributed by atoms with E-state index in [1.165, 1.54) is 34.7 Å². The van der Waals surface area contributed by atoms with Crippen molar-refractivity contribution in [3.8, 4) is 0 Å². The third-order valence-electron chi connectivity index (χ3n) is 8.63. The molecule has 0 atom stereocenters. The Balaban J connectivity index is 1.78. The van der Waals surface area contributed by atoms with Crippen molar-refractivity contribution in [3.05, 3.63) is 82.6 Å². The van der Waals surface area contributed by atoms with Gasteiger partial charge in [-0.2, -0.15) is 17.7 Å².